The Labute approximate surface area is 136 Å². The molecule has 0 bridgehead atoms. The molecule has 2 rings (SSSR count). The molecule has 0 spiro atoms. The third-order valence-corrected chi connectivity index (χ3v) is 4.27. The molecule has 23 heavy (non-hydrogen) atoms. The van der Waals surface area contributed by atoms with E-state index in [1.807, 2.05) is 11.6 Å². The van der Waals surface area contributed by atoms with Gasteiger partial charge in [0.1, 0.15) is 0 Å². The van der Waals surface area contributed by atoms with Crippen molar-refractivity contribution >= 4 is 17.7 Å². The number of aryl methyl sites for hydroxylation is 1. The standard InChI is InChI=1S/C16H26N4O3/c1-4-14-13(9-17-20(14)8-5-11(2)3)18-16(23)19-7-6-12(10-19)15(21)22/h9,11-12H,4-8,10H2,1-3H3,(H,18,23)(H,21,22). The first-order valence-corrected chi connectivity index (χ1v) is 8.25. The number of anilines is 1. The van der Waals surface area contributed by atoms with Gasteiger partial charge in [0, 0.05) is 19.6 Å². The summed E-state index contributed by atoms with van der Waals surface area (Å²) in [4.78, 5) is 24.9. The summed E-state index contributed by atoms with van der Waals surface area (Å²) in [7, 11) is 0. The van der Waals surface area contributed by atoms with E-state index in [-0.39, 0.29) is 12.6 Å². The lowest BCUT2D eigenvalue weighted by Crippen LogP contribution is -2.34. The van der Waals surface area contributed by atoms with Gasteiger partial charge in [-0.15, -0.1) is 0 Å². The first-order valence-electron chi connectivity index (χ1n) is 8.25. The smallest absolute Gasteiger partial charge is 0.321 e. The third-order valence-electron chi connectivity index (χ3n) is 4.27. The number of amides is 2. The molecule has 1 aliphatic rings. The molecule has 0 aliphatic carbocycles. The number of aromatic nitrogens is 2. The fourth-order valence-electron chi connectivity index (χ4n) is 2.80. The van der Waals surface area contributed by atoms with Gasteiger partial charge in [-0.3, -0.25) is 9.48 Å². The molecular weight excluding hydrogens is 296 g/mol. The minimum atomic E-state index is -0.837. The maximum Gasteiger partial charge on any atom is 0.321 e. The largest absolute Gasteiger partial charge is 0.481 e. The quantitative estimate of drug-likeness (QED) is 0.842. The zero-order valence-electron chi connectivity index (χ0n) is 14.1. The van der Waals surface area contributed by atoms with Crippen molar-refractivity contribution in [1.82, 2.24) is 14.7 Å². The molecule has 0 aromatic carbocycles. The van der Waals surface area contributed by atoms with Crippen molar-refractivity contribution in [3.05, 3.63) is 11.9 Å². The highest BCUT2D eigenvalue weighted by molar-refractivity contribution is 5.90. The Morgan fingerprint density at radius 3 is 2.78 bits per heavy atom. The van der Waals surface area contributed by atoms with E-state index in [0.717, 1.165) is 30.8 Å². The minimum Gasteiger partial charge on any atom is -0.481 e. The average Bonchev–Trinajstić information content (AvgIpc) is 3.11. The lowest BCUT2D eigenvalue weighted by molar-refractivity contribution is -0.141. The van der Waals surface area contributed by atoms with Crippen LogP contribution in [0.2, 0.25) is 0 Å². The van der Waals surface area contributed by atoms with Gasteiger partial charge in [-0.25, -0.2) is 4.79 Å². The molecule has 7 nitrogen and oxygen atoms in total. The number of carboxylic acid groups (broad SMARTS) is 1. The Balaban J connectivity index is 1.99. The van der Waals surface area contributed by atoms with Crippen molar-refractivity contribution in [2.24, 2.45) is 11.8 Å². The SMILES string of the molecule is CCc1c(NC(=O)N2CCC(C(=O)O)C2)cnn1CCC(C)C. The van der Waals surface area contributed by atoms with E-state index in [4.69, 9.17) is 5.11 Å². The van der Waals surface area contributed by atoms with Crippen molar-refractivity contribution < 1.29 is 14.7 Å². The number of likely N-dealkylation sites (tertiary alicyclic amines) is 1. The van der Waals surface area contributed by atoms with Crippen LogP contribution < -0.4 is 5.32 Å². The molecule has 1 atom stereocenters. The molecule has 2 N–H and O–H groups in total. The maximum absolute atomic E-state index is 12.3. The van der Waals surface area contributed by atoms with E-state index < -0.39 is 11.9 Å². The summed E-state index contributed by atoms with van der Waals surface area (Å²) in [6.45, 7) is 7.96. The Morgan fingerprint density at radius 2 is 2.22 bits per heavy atom. The van der Waals surface area contributed by atoms with Gasteiger partial charge in [-0.2, -0.15) is 5.10 Å². The molecule has 0 radical (unpaired) electrons. The number of urea groups is 1. The molecule has 2 amide bonds. The van der Waals surface area contributed by atoms with Crippen molar-refractivity contribution in [2.75, 3.05) is 18.4 Å². The molecule has 128 valence electrons. The highest BCUT2D eigenvalue weighted by atomic mass is 16.4. The fraction of sp³-hybridized carbons (Fsp3) is 0.688. The molecule has 1 saturated heterocycles. The van der Waals surface area contributed by atoms with Crippen molar-refractivity contribution in [3.8, 4) is 0 Å². The van der Waals surface area contributed by atoms with Gasteiger partial charge in [0.2, 0.25) is 0 Å². The van der Waals surface area contributed by atoms with E-state index in [1.54, 1.807) is 11.1 Å². The van der Waals surface area contributed by atoms with E-state index >= 15 is 0 Å². The van der Waals surface area contributed by atoms with Crippen molar-refractivity contribution in [3.63, 3.8) is 0 Å². The molecule has 1 fully saturated rings. The summed E-state index contributed by atoms with van der Waals surface area (Å²) < 4.78 is 1.94. The zero-order chi connectivity index (χ0) is 17.0. The zero-order valence-corrected chi connectivity index (χ0v) is 14.1. The van der Waals surface area contributed by atoms with Crippen LogP contribution in [-0.4, -0.2) is 44.9 Å². The first-order chi connectivity index (χ1) is 10.9. The molecule has 1 aromatic rings. The van der Waals surface area contributed by atoms with Gasteiger partial charge in [-0.1, -0.05) is 20.8 Å². The van der Waals surface area contributed by atoms with Crippen LogP contribution >= 0.6 is 0 Å². The van der Waals surface area contributed by atoms with Crippen LogP contribution in [0.3, 0.4) is 0 Å². The normalized spacial score (nSPS) is 17.7. The van der Waals surface area contributed by atoms with E-state index in [1.165, 1.54) is 0 Å². The van der Waals surface area contributed by atoms with Crippen LogP contribution in [-0.2, 0) is 17.8 Å². The number of carbonyl (C=O) groups excluding carboxylic acids is 1. The lowest BCUT2D eigenvalue weighted by Gasteiger charge is -2.17. The highest BCUT2D eigenvalue weighted by Crippen LogP contribution is 2.21. The van der Waals surface area contributed by atoms with Crippen LogP contribution in [0.4, 0.5) is 10.5 Å². The maximum atomic E-state index is 12.3. The molecular formula is C16H26N4O3. The van der Waals surface area contributed by atoms with Gasteiger partial charge in [-0.05, 0) is 25.2 Å². The number of rotatable bonds is 6. The summed E-state index contributed by atoms with van der Waals surface area (Å²) in [6.07, 6.45) is 4.01. The van der Waals surface area contributed by atoms with E-state index in [2.05, 4.69) is 24.3 Å². The van der Waals surface area contributed by atoms with Gasteiger partial charge >= 0.3 is 12.0 Å². The molecule has 1 unspecified atom stereocenters. The molecule has 7 heteroatoms. The van der Waals surface area contributed by atoms with Crippen LogP contribution in [0.1, 0.15) is 39.3 Å². The number of hydrogen-bond acceptors (Lipinski definition) is 3. The summed E-state index contributed by atoms with van der Waals surface area (Å²) in [5.41, 5.74) is 1.73. The predicted octanol–water partition coefficient (Wildman–Crippen LogP) is 2.43. The number of aliphatic carboxylic acids is 1. The van der Waals surface area contributed by atoms with Gasteiger partial charge < -0.3 is 15.3 Å². The van der Waals surface area contributed by atoms with Crippen LogP contribution in [0.15, 0.2) is 6.20 Å². The third kappa shape index (κ3) is 4.24. The second-order valence-corrected chi connectivity index (χ2v) is 6.46. The van der Waals surface area contributed by atoms with Crippen LogP contribution in [0.25, 0.3) is 0 Å². The Hall–Kier alpha value is -2.05. The molecule has 0 saturated carbocycles. The van der Waals surface area contributed by atoms with Crippen molar-refractivity contribution in [1.29, 1.82) is 0 Å². The number of carbonyl (C=O) groups is 2. The monoisotopic (exact) mass is 322 g/mol. The van der Waals surface area contributed by atoms with E-state index in [9.17, 15) is 9.59 Å². The first kappa shape index (κ1) is 17.3. The van der Waals surface area contributed by atoms with Gasteiger partial charge in [0.05, 0.1) is 23.5 Å². The lowest BCUT2D eigenvalue weighted by atomic mass is 10.1. The second kappa shape index (κ2) is 7.48. The number of nitrogens with zero attached hydrogens (tertiary/aromatic N) is 3. The topological polar surface area (TPSA) is 87.5 Å². The minimum absolute atomic E-state index is 0.244. The molecule has 2 heterocycles. The second-order valence-electron chi connectivity index (χ2n) is 6.46. The Bertz CT molecular complexity index is 568. The average molecular weight is 322 g/mol. The Kier molecular flexibility index (Phi) is 5.63. The molecule has 1 aliphatic heterocycles. The summed E-state index contributed by atoms with van der Waals surface area (Å²) in [6, 6.07) is -0.244. The number of hydrogen-bond donors (Lipinski definition) is 2. The highest BCUT2D eigenvalue weighted by Gasteiger charge is 2.31. The van der Waals surface area contributed by atoms with Gasteiger partial charge in [0.25, 0.3) is 0 Å². The summed E-state index contributed by atoms with van der Waals surface area (Å²) in [5.74, 6) is -0.698. The van der Waals surface area contributed by atoms with Crippen LogP contribution in [0, 0.1) is 11.8 Å². The van der Waals surface area contributed by atoms with E-state index in [0.29, 0.717) is 18.9 Å². The van der Waals surface area contributed by atoms with Crippen LogP contribution in [0.5, 0.6) is 0 Å². The number of nitrogens with one attached hydrogen (secondary N) is 1. The molecule has 1 aromatic heterocycles. The summed E-state index contributed by atoms with van der Waals surface area (Å²) in [5, 5.41) is 16.3. The fourth-order valence-corrected chi connectivity index (χ4v) is 2.80. The van der Waals surface area contributed by atoms with Gasteiger partial charge in [0.15, 0.2) is 0 Å². The Morgan fingerprint density at radius 1 is 1.48 bits per heavy atom. The predicted molar refractivity (Wildman–Crippen MR) is 87.4 cm³/mol. The summed E-state index contributed by atoms with van der Waals surface area (Å²) >= 11 is 0. The number of carboxylic acids is 1. The van der Waals surface area contributed by atoms with Crippen molar-refractivity contribution in [2.45, 2.75) is 46.6 Å².